The molecular weight excluding hydrogens is 219 g/mol. The van der Waals surface area contributed by atoms with E-state index in [-0.39, 0.29) is 11.9 Å². The van der Waals surface area contributed by atoms with Gasteiger partial charge in [0.25, 0.3) is 0 Å². The van der Waals surface area contributed by atoms with Crippen LogP contribution in [0.2, 0.25) is 0 Å². The van der Waals surface area contributed by atoms with Crippen LogP contribution in [-0.2, 0) is 23.9 Å². The summed E-state index contributed by atoms with van der Waals surface area (Å²) in [6.07, 6.45) is 0.472. The largest absolute Gasteiger partial charge is 0.497 e. The lowest BCUT2D eigenvalue weighted by Crippen LogP contribution is -2.08. The highest BCUT2D eigenvalue weighted by Gasteiger charge is 2.18. The quantitative estimate of drug-likeness (QED) is 0.222. The maximum absolute atomic E-state index is 11.3. The van der Waals surface area contributed by atoms with E-state index in [1.165, 1.54) is 0 Å². The van der Waals surface area contributed by atoms with Crippen molar-refractivity contribution in [1.29, 1.82) is 0 Å². The van der Waals surface area contributed by atoms with Crippen LogP contribution in [0.3, 0.4) is 0 Å². The molecule has 0 N–H and O–H groups in total. The van der Waals surface area contributed by atoms with Crippen LogP contribution in [0.5, 0.6) is 0 Å². The van der Waals surface area contributed by atoms with Crippen molar-refractivity contribution in [3.63, 3.8) is 0 Å². The number of ether oxygens (including phenoxy) is 1. The number of carbonyl (C=O) groups excluding carboxylic acids is 1. The van der Waals surface area contributed by atoms with Gasteiger partial charge in [-0.2, -0.15) is 4.89 Å². The lowest BCUT2D eigenvalue weighted by Gasteiger charge is -2.08. The standard InChI is InChI=1S/C9H15O5P/c1-4-7(12-5-2)8(15-11)9(10)14-13-6-3/h4-6H2,1-3H3. The van der Waals surface area contributed by atoms with Gasteiger partial charge in [-0.1, -0.05) is 6.92 Å². The summed E-state index contributed by atoms with van der Waals surface area (Å²) >= 11 is 0. The predicted molar refractivity (Wildman–Crippen MR) is 54.3 cm³/mol. The van der Waals surface area contributed by atoms with Crippen LogP contribution in [0.4, 0.5) is 0 Å². The van der Waals surface area contributed by atoms with E-state index < -0.39 is 14.4 Å². The fourth-order valence-corrected chi connectivity index (χ4v) is 1.30. The molecule has 0 radical (unpaired) electrons. The molecule has 0 saturated heterocycles. The minimum absolute atomic E-state index is 0.0344. The molecule has 0 aromatic heterocycles. The van der Waals surface area contributed by atoms with E-state index in [4.69, 9.17) is 4.74 Å². The summed E-state index contributed by atoms with van der Waals surface area (Å²) in [5, 5.41) is -0.0344. The number of hydrogen-bond donors (Lipinski definition) is 0. The minimum Gasteiger partial charge on any atom is -0.497 e. The van der Waals surface area contributed by atoms with E-state index in [1.54, 1.807) is 20.8 Å². The number of hydrogen-bond acceptors (Lipinski definition) is 5. The molecule has 0 amide bonds. The average molecular weight is 234 g/mol. The van der Waals surface area contributed by atoms with Crippen LogP contribution in [0.1, 0.15) is 27.2 Å². The highest BCUT2D eigenvalue weighted by molar-refractivity contribution is 7.31. The van der Waals surface area contributed by atoms with Crippen molar-refractivity contribution in [3.05, 3.63) is 11.1 Å². The SMILES string of the molecule is CCOOC(=O)C(P=O)=C(CC)OCC. The normalized spacial score (nSPS) is 12.2. The van der Waals surface area contributed by atoms with Gasteiger partial charge in [-0.25, -0.2) is 4.79 Å². The zero-order chi connectivity index (χ0) is 11.7. The molecule has 6 heteroatoms. The van der Waals surface area contributed by atoms with Gasteiger partial charge in [0.2, 0.25) is 8.46 Å². The molecule has 0 rings (SSSR count). The second-order valence-electron chi connectivity index (χ2n) is 2.43. The molecule has 5 nitrogen and oxygen atoms in total. The molecule has 0 atom stereocenters. The fraction of sp³-hybridized carbons (Fsp3) is 0.667. The smallest absolute Gasteiger partial charge is 0.384 e. The van der Waals surface area contributed by atoms with Crippen molar-refractivity contribution in [2.24, 2.45) is 0 Å². The van der Waals surface area contributed by atoms with E-state index >= 15 is 0 Å². The highest BCUT2D eigenvalue weighted by atomic mass is 31.1. The lowest BCUT2D eigenvalue weighted by molar-refractivity contribution is -0.265. The second kappa shape index (κ2) is 8.38. The van der Waals surface area contributed by atoms with Crippen LogP contribution in [0, 0.1) is 0 Å². The van der Waals surface area contributed by atoms with Crippen LogP contribution >= 0.6 is 8.46 Å². The fourth-order valence-electron chi connectivity index (χ4n) is 0.866. The molecule has 0 heterocycles. The van der Waals surface area contributed by atoms with Gasteiger partial charge < -0.3 is 4.74 Å². The predicted octanol–water partition coefficient (Wildman–Crippen LogP) is 2.43. The molecule has 0 spiro atoms. The maximum atomic E-state index is 11.3. The van der Waals surface area contributed by atoms with Crippen LogP contribution in [0.25, 0.3) is 0 Å². The maximum Gasteiger partial charge on any atom is 0.384 e. The molecule has 0 aliphatic heterocycles. The summed E-state index contributed by atoms with van der Waals surface area (Å²) in [4.78, 5) is 20.2. The number of rotatable bonds is 7. The molecular formula is C9H15O5P. The van der Waals surface area contributed by atoms with E-state index in [0.29, 0.717) is 18.8 Å². The van der Waals surface area contributed by atoms with Gasteiger partial charge in [0.1, 0.15) is 5.76 Å². The van der Waals surface area contributed by atoms with Crippen LogP contribution in [-0.4, -0.2) is 19.2 Å². The Morgan fingerprint density at radius 3 is 2.27 bits per heavy atom. The Kier molecular flexibility index (Phi) is 7.86. The molecule has 86 valence electrons. The molecule has 0 aliphatic rings. The molecule has 0 aliphatic carbocycles. The first kappa shape index (κ1) is 14.1. The van der Waals surface area contributed by atoms with Gasteiger partial charge in [-0.15, -0.1) is 0 Å². The third-order valence-corrected chi connectivity index (χ3v) is 2.06. The molecule has 0 unspecified atom stereocenters. The Hall–Kier alpha value is -0.930. The third-order valence-electron chi connectivity index (χ3n) is 1.44. The van der Waals surface area contributed by atoms with Crippen molar-refractivity contribution >= 4 is 14.4 Å². The van der Waals surface area contributed by atoms with Crippen LogP contribution in [0.15, 0.2) is 11.1 Å². The van der Waals surface area contributed by atoms with Gasteiger partial charge in [0, 0.05) is 6.42 Å². The zero-order valence-corrected chi connectivity index (χ0v) is 10.0. The van der Waals surface area contributed by atoms with Gasteiger partial charge in [0.05, 0.1) is 13.2 Å². The average Bonchev–Trinajstić information content (AvgIpc) is 2.26. The minimum atomic E-state index is -0.779. The topological polar surface area (TPSA) is 61.8 Å². The summed E-state index contributed by atoms with van der Waals surface area (Å²) in [6, 6.07) is 0. The Balaban J connectivity index is 4.67. The van der Waals surface area contributed by atoms with Crippen molar-refractivity contribution < 1.29 is 23.9 Å². The molecule has 0 bridgehead atoms. The van der Waals surface area contributed by atoms with Crippen LogP contribution < -0.4 is 0 Å². The molecule has 15 heavy (non-hydrogen) atoms. The van der Waals surface area contributed by atoms with Gasteiger partial charge in [-0.3, -0.25) is 9.45 Å². The first-order valence-corrected chi connectivity index (χ1v) is 5.55. The molecule has 0 saturated carbocycles. The summed E-state index contributed by atoms with van der Waals surface area (Å²) in [5.41, 5.74) is 0. The first-order chi connectivity index (χ1) is 7.21. The first-order valence-electron chi connectivity index (χ1n) is 4.74. The lowest BCUT2D eigenvalue weighted by atomic mass is 10.3. The summed E-state index contributed by atoms with van der Waals surface area (Å²) in [6.45, 7) is 5.90. The van der Waals surface area contributed by atoms with E-state index in [9.17, 15) is 9.36 Å². The molecule has 0 aromatic carbocycles. The number of carbonyl (C=O) groups is 1. The Labute approximate surface area is 90.5 Å². The molecule has 0 fully saturated rings. The second-order valence-corrected chi connectivity index (χ2v) is 3.06. The highest BCUT2D eigenvalue weighted by Crippen LogP contribution is 2.22. The van der Waals surface area contributed by atoms with Crippen molar-refractivity contribution in [2.45, 2.75) is 27.2 Å². The number of allylic oxidation sites excluding steroid dienone is 1. The molecule has 0 aromatic rings. The summed E-state index contributed by atoms with van der Waals surface area (Å²) < 4.78 is 15.9. The third kappa shape index (κ3) is 4.91. The monoisotopic (exact) mass is 234 g/mol. The van der Waals surface area contributed by atoms with Crippen molar-refractivity contribution in [3.8, 4) is 0 Å². The Morgan fingerprint density at radius 1 is 1.20 bits per heavy atom. The van der Waals surface area contributed by atoms with E-state index in [0.717, 1.165) is 0 Å². The zero-order valence-electron chi connectivity index (χ0n) is 9.11. The Bertz CT molecular complexity index is 249. The Morgan fingerprint density at radius 2 is 1.87 bits per heavy atom. The summed E-state index contributed by atoms with van der Waals surface area (Å²) in [5.74, 6) is -0.419. The van der Waals surface area contributed by atoms with E-state index in [1.807, 2.05) is 0 Å². The van der Waals surface area contributed by atoms with Gasteiger partial charge in [0.15, 0.2) is 5.31 Å². The van der Waals surface area contributed by atoms with Gasteiger partial charge in [-0.05, 0) is 13.8 Å². The van der Waals surface area contributed by atoms with Crippen molar-refractivity contribution in [1.82, 2.24) is 0 Å². The van der Waals surface area contributed by atoms with E-state index in [2.05, 4.69) is 9.78 Å². The summed E-state index contributed by atoms with van der Waals surface area (Å²) in [7, 11) is -0.431. The van der Waals surface area contributed by atoms with Crippen molar-refractivity contribution in [2.75, 3.05) is 13.2 Å². The van der Waals surface area contributed by atoms with Gasteiger partial charge >= 0.3 is 5.97 Å².